The van der Waals surface area contributed by atoms with E-state index in [1.807, 2.05) is 13.0 Å². The molecule has 6 heteroatoms. The topological polar surface area (TPSA) is 52.8 Å². The molecule has 1 atom stereocenters. The number of nitrogens with zero attached hydrogens (tertiary/aromatic N) is 4. The molecule has 3 heterocycles. The zero-order chi connectivity index (χ0) is 16.2. The van der Waals surface area contributed by atoms with Crippen molar-refractivity contribution in [2.45, 2.75) is 45.7 Å². The maximum atomic E-state index is 12.5. The number of piperidine rings is 1. The van der Waals surface area contributed by atoms with Gasteiger partial charge >= 0.3 is 0 Å². The average molecular weight is 320 g/mol. The van der Waals surface area contributed by atoms with E-state index in [9.17, 15) is 4.79 Å². The Hall–Kier alpha value is -1.40. The average Bonchev–Trinajstić information content (AvgIpc) is 2.95. The summed E-state index contributed by atoms with van der Waals surface area (Å²) in [6.45, 7) is 10.3. The van der Waals surface area contributed by atoms with Crippen LogP contribution in [0.1, 0.15) is 37.6 Å². The zero-order valence-corrected chi connectivity index (χ0v) is 14.3. The van der Waals surface area contributed by atoms with Gasteiger partial charge < -0.3 is 9.42 Å². The maximum Gasteiger partial charge on any atom is 0.236 e. The number of aromatic nitrogens is 1. The fraction of sp³-hybridized carbons (Fsp3) is 0.765. The van der Waals surface area contributed by atoms with Crippen LogP contribution in [0.5, 0.6) is 0 Å². The molecule has 0 radical (unpaired) electrons. The van der Waals surface area contributed by atoms with E-state index in [1.165, 1.54) is 6.42 Å². The van der Waals surface area contributed by atoms with Crippen LogP contribution in [0.4, 0.5) is 0 Å². The van der Waals surface area contributed by atoms with Gasteiger partial charge in [0, 0.05) is 44.8 Å². The van der Waals surface area contributed by atoms with Gasteiger partial charge in [-0.1, -0.05) is 5.16 Å². The van der Waals surface area contributed by atoms with Crippen molar-refractivity contribution in [3.63, 3.8) is 0 Å². The highest BCUT2D eigenvalue weighted by molar-refractivity contribution is 5.78. The van der Waals surface area contributed by atoms with Crippen molar-refractivity contribution in [3.05, 3.63) is 17.5 Å². The van der Waals surface area contributed by atoms with E-state index in [1.54, 1.807) is 0 Å². The fourth-order valence-corrected chi connectivity index (χ4v) is 3.57. The van der Waals surface area contributed by atoms with Gasteiger partial charge in [-0.15, -0.1) is 0 Å². The van der Waals surface area contributed by atoms with Crippen molar-refractivity contribution in [1.29, 1.82) is 0 Å². The van der Waals surface area contributed by atoms with E-state index in [2.05, 4.69) is 26.8 Å². The number of piperazine rings is 1. The standard InChI is InChI=1S/C17H28N4O2/c1-14-11-16(23-18-14)12-19-7-9-20(10-8-19)13-17(22)21-6-4-3-5-15(21)2/h11,15H,3-10,12-13H2,1-2H3. The number of amides is 1. The molecule has 3 rings (SSSR count). The molecular formula is C17H28N4O2. The van der Waals surface area contributed by atoms with Gasteiger partial charge in [0.2, 0.25) is 5.91 Å². The first kappa shape index (κ1) is 16.5. The molecule has 23 heavy (non-hydrogen) atoms. The van der Waals surface area contributed by atoms with Gasteiger partial charge in [0.05, 0.1) is 18.8 Å². The van der Waals surface area contributed by atoms with Crippen LogP contribution >= 0.6 is 0 Å². The minimum Gasteiger partial charge on any atom is -0.360 e. The Morgan fingerprint density at radius 2 is 1.96 bits per heavy atom. The lowest BCUT2D eigenvalue weighted by Gasteiger charge is -2.37. The van der Waals surface area contributed by atoms with Crippen LogP contribution in [0, 0.1) is 6.92 Å². The molecule has 1 aromatic rings. The summed E-state index contributed by atoms with van der Waals surface area (Å²) in [4.78, 5) is 19.2. The Morgan fingerprint density at radius 3 is 2.61 bits per heavy atom. The van der Waals surface area contributed by atoms with Crippen LogP contribution in [0.2, 0.25) is 0 Å². The molecule has 2 saturated heterocycles. The summed E-state index contributed by atoms with van der Waals surface area (Å²) < 4.78 is 5.28. The molecule has 6 nitrogen and oxygen atoms in total. The second-order valence-electron chi connectivity index (χ2n) is 6.92. The lowest BCUT2D eigenvalue weighted by Crippen LogP contribution is -2.51. The van der Waals surface area contributed by atoms with E-state index < -0.39 is 0 Å². The molecule has 2 aliphatic heterocycles. The first-order valence-electron chi connectivity index (χ1n) is 8.78. The molecule has 1 aromatic heterocycles. The second-order valence-corrected chi connectivity index (χ2v) is 6.92. The van der Waals surface area contributed by atoms with Gasteiger partial charge in [-0.3, -0.25) is 14.6 Å². The summed E-state index contributed by atoms with van der Waals surface area (Å²) in [7, 11) is 0. The molecule has 0 bridgehead atoms. The zero-order valence-electron chi connectivity index (χ0n) is 14.3. The third kappa shape index (κ3) is 4.32. The smallest absolute Gasteiger partial charge is 0.236 e. The van der Waals surface area contributed by atoms with E-state index >= 15 is 0 Å². The third-order valence-corrected chi connectivity index (χ3v) is 5.00. The molecule has 1 unspecified atom stereocenters. The lowest BCUT2D eigenvalue weighted by atomic mass is 10.0. The SMILES string of the molecule is Cc1cc(CN2CCN(CC(=O)N3CCCCC3C)CC2)on1. The minimum absolute atomic E-state index is 0.302. The van der Waals surface area contributed by atoms with E-state index in [-0.39, 0.29) is 0 Å². The third-order valence-electron chi connectivity index (χ3n) is 5.00. The van der Waals surface area contributed by atoms with Crippen molar-refractivity contribution in [2.75, 3.05) is 39.3 Å². The number of carbonyl (C=O) groups is 1. The second kappa shape index (κ2) is 7.45. The van der Waals surface area contributed by atoms with Crippen molar-refractivity contribution in [3.8, 4) is 0 Å². The maximum absolute atomic E-state index is 12.5. The largest absolute Gasteiger partial charge is 0.360 e. The molecule has 128 valence electrons. The van der Waals surface area contributed by atoms with Crippen LogP contribution in [0.25, 0.3) is 0 Å². The van der Waals surface area contributed by atoms with Crippen molar-refractivity contribution in [2.24, 2.45) is 0 Å². The number of likely N-dealkylation sites (tertiary alicyclic amines) is 1. The molecule has 0 spiro atoms. The van der Waals surface area contributed by atoms with E-state index in [0.717, 1.165) is 63.6 Å². The number of hydrogen-bond donors (Lipinski definition) is 0. The molecule has 2 fully saturated rings. The molecule has 0 aromatic carbocycles. The number of rotatable bonds is 4. The lowest BCUT2D eigenvalue weighted by molar-refractivity contribution is -0.136. The highest BCUT2D eigenvalue weighted by Gasteiger charge is 2.26. The van der Waals surface area contributed by atoms with Gasteiger partial charge in [-0.2, -0.15) is 0 Å². The van der Waals surface area contributed by atoms with Crippen LogP contribution in [0.3, 0.4) is 0 Å². The van der Waals surface area contributed by atoms with Crippen molar-refractivity contribution < 1.29 is 9.32 Å². The van der Waals surface area contributed by atoms with Crippen LogP contribution < -0.4 is 0 Å². The summed E-state index contributed by atoms with van der Waals surface area (Å²) in [5.74, 6) is 1.23. The van der Waals surface area contributed by atoms with Crippen LogP contribution in [-0.2, 0) is 11.3 Å². The molecule has 0 aliphatic carbocycles. The number of hydrogen-bond acceptors (Lipinski definition) is 5. The number of aryl methyl sites for hydroxylation is 1. The van der Waals surface area contributed by atoms with Crippen molar-refractivity contribution >= 4 is 5.91 Å². The molecular weight excluding hydrogens is 292 g/mol. The predicted octanol–water partition coefficient (Wildman–Crippen LogP) is 1.50. The molecule has 2 aliphatic rings. The van der Waals surface area contributed by atoms with Crippen molar-refractivity contribution in [1.82, 2.24) is 19.9 Å². The number of carbonyl (C=O) groups excluding carboxylic acids is 1. The van der Waals surface area contributed by atoms with Gasteiger partial charge in [0.15, 0.2) is 5.76 Å². The molecule has 0 saturated carbocycles. The van der Waals surface area contributed by atoms with Gasteiger partial charge in [0.1, 0.15) is 0 Å². The van der Waals surface area contributed by atoms with Crippen LogP contribution in [-0.4, -0.2) is 71.1 Å². The summed E-state index contributed by atoms with van der Waals surface area (Å²) in [6, 6.07) is 2.40. The summed E-state index contributed by atoms with van der Waals surface area (Å²) in [6.07, 6.45) is 3.56. The quantitative estimate of drug-likeness (QED) is 0.841. The van der Waals surface area contributed by atoms with E-state index in [0.29, 0.717) is 18.5 Å². The minimum atomic E-state index is 0.302. The van der Waals surface area contributed by atoms with Gasteiger partial charge in [0.25, 0.3) is 0 Å². The summed E-state index contributed by atoms with van der Waals surface area (Å²) in [5.41, 5.74) is 0.930. The first-order valence-corrected chi connectivity index (χ1v) is 8.78. The van der Waals surface area contributed by atoms with Gasteiger partial charge in [-0.05, 0) is 33.1 Å². The van der Waals surface area contributed by atoms with Crippen LogP contribution in [0.15, 0.2) is 10.6 Å². The first-order chi connectivity index (χ1) is 11.1. The highest BCUT2D eigenvalue weighted by Crippen LogP contribution is 2.17. The summed E-state index contributed by atoms with van der Waals surface area (Å²) >= 11 is 0. The Kier molecular flexibility index (Phi) is 5.33. The monoisotopic (exact) mass is 320 g/mol. The fourth-order valence-electron chi connectivity index (χ4n) is 3.57. The Labute approximate surface area is 138 Å². The highest BCUT2D eigenvalue weighted by atomic mass is 16.5. The van der Waals surface area contributed by atoms with E-state index in [4.69, 9.17) is 4.52 Å². The van der Waals surface area contributed by atoms with Gasteiger partial charge in [-0.25, -0.2) is 0 Å². The Morgan fingerprint density at radius 1 is 1.22 bits per heavy atom. The molecule has 0 N–H and O–H groups in total. The Balaban J connectivity index is 1.42. The predicted molar refractivity (Wildman–Crippen MR) is 88.0 cm³/mol. The normalized spacial score (nSPS) is 24.1. The summed E-state index contributed by atoms with van der Waals surface area (Å²) in [5, 5.41) is 3.93. The molecule has 1 amide bonds. The Bertz CT molecular complexity index is 522.